The van der Waals surface area contributed by atoms with Crippen molar-refractivity contribution in [3.8, 4) is 0 Å². The number of carboxylic acid groups (broad SMARTS) is 1. The summed E-state index contributed by atoms with van der Waals surface area (Å²) in [6, 6.07) is 0. The van der Waals surface area contributed by atoms with Crippen molar-refractivity contribution in [2.24, 2.45) is 0 Å². The molecule has 1 N–H and O–H groups in total. The molecule has 2 aromatic heterocycles. The van der Waals surface area contributed by atoms with Gasteiger partial charge in [-0.15, -0.1) is 0 Å². The van der Waals surface area contributed by atoms with Crippen molar-refractivity contribution in [2.45, 2.75) is 26.4 Å². The summed E-state index contributed by atoms with van der Waals surface area (Å²) in [4.78, 5) is 25.9. The van der Waals surface area contributed by atoms with Crippen LogP contribution in [0.5, 0.6) is 0 Å². The quantitative estimate of drug-likeness (QED) is 0.847. The highest BCUT2D eigenvalue weighted by Gasteiger charge is 2.25. The molecule has 0 amide bonds. The maximum atomic E-state index is 12.5. The number of rotatable bonds is 2. The molecule has 20 heavy (non-hydrogen) atoms. The fourth-order valence-corrected chi connectivity index (χ4v) is 2.87. The minimum Gasteiger partial charge on any atom is -0.477 e. The molecule has 1 aliphatic heterocycles. The highest BCUT2D eigenvalue weighted by atomic mass is 16.4. The molecule has 0 fully saturated rings. The average molecular weight is 276 g/mol. The second-order valence-electron chi connectivity index (χ2n) is 5.06. The number of aromatic carboxylic acids is 1. The topological polar surface area (TPSA) is 79.8 Å². The minimum atomic E-state index is -1.06. The Hall–Kier alpha value is -2.15. The van der Waals surface area contributed by atoms with E-state index in [-0.39, 0.29) is 11.1 Å². The van der Waals surface area contributed by atoms with Gasteiger partial charge in [-0.05, 0) is 14.0 Å². The second kappa shape index (κ2) is 4.45. The van der Waals surface area contributed by atoms with Gasteiger partial charge >= 0.3 is 5.97 Å². The fraction of sp³-hybridized carbons (Fsp3) is 0.462. The average Bonchev–Trinajstić information content (AvgIpc) is 2.85. The van der Waals surface area contributed by atoms with Crippen molar-refractivity contribution >= 4 is 11.6 Å². The lowest BCUT2D eigenvalue weighted by Gasteiger charge is -2.27. The van der Waals surface area contributed by atoms with E-state index in [1.165, 1.54) is 10.7 Å². The number of fused-ring (bicyclic) bond motifs is 2. The molecule has 106 valence electrons. The van der Waals surface area contributed by atoms with Crippen molar-refractivity contribution in [3.05, 3.63) is 33.4 Å². The van der Waals surface area contributed by atoms with Gasteiger partial charge in [-0.3, -0.25) is 4.79 Å². The molecule has 0 aliphatic carbocycles. The summed E-state index contributed by atoms with van der Waals surface area (Å²) in [6.07, 6.45) is 2.00. The highest BCUT2D eigenvalue weighted by molar-refractivity contribution is 5.94. The summed E-state index contributed by atoms with van der Waals surface area (Å²) in [7, 11) is 1.97. The molecule has 0 saturated carbocycles. The first kappa shape index (κ1) is 12.9. The van der Waals surface area contributed by atoms with Crippen LogP contribution in [-0.4, -0.2) is 43.7 Å². The van der Waals surface area contributed by atoms with Gasteiger partial charge in [0.25, 0.3) is 5.56 Å². The normalized spacial score (nSPS) is 15.5. The van der Waals surface area contributed by atoms with Crippen LogP contribution >= 0.6 is 0 Å². The lowest BCUT2D eigenvalue weighted by molar-refractivity contribution is 0.0698. The number of hydrogen-bond acceptors (Lipinski definition) is 4. The third-order valence-electron chi connectivity index (χ3n) is 3.83. The van der Waals surface area contributed by atoms with Gasteiger partial charge in [0.1, 0.15) is 5.56 Å². The van der Waals surface area contributed by atoms with Gasteiger partial charge in [0.2, 0.25) is 0 Å². The maximum Gasteiger partial charge on any atom is 0.341 e. The molecule has 0 aromatic carbocycles. The van der Waals surface area contributed by atoms with Crippen LogP contribution in [0.1, 0.15) is 28.5 Å². The lowest BCUT2D eigenvalue weighted by Crippen LogP contribution is -2.37. The first-order valence-corrected chi connectivity index (χ1v) is 6.58. The van der Waals surface area contributed by atoms with Crippen LogP contribution < -0.4 is 5.56 Å². The molecule has 0 bridgehead atoms. The summed E-state index contributed by atoms with van der Waals surface area (Å²) in [5.41, 5.74) is 1.90. The van der Waals surface area contributed by atoms with Crippen LogP contribution in [0.4, 0.5) is 0 Å². The van der Waals surface area contributed by atoms with Gasteiger partial charge in [0, 0.05) is 31.7 Å². The van der Waals surface area contributed by atoms with Crippen LogP contribution in [0.2, 0.25) is 0 Å². The van der Waals surface area contributed by atoms with Gasteiger partial charge in [-0.25, -0.2) is 4.79 Å². The monoisotopic (exact) mass is 276 g/mol. The second-order valence-corrected chi connectivity index (χ2v) is 5.06. The van der Waals surface area contributed by atoms with E-state index in [9.17, 15) is 14.7 Å². The Morgan fingerprint density at radius 2 is 2.25 bits per heavy atom. The van der Waals surface area contributed by atoms with E-state index in [2.05, 4.69) is 10.00 Å². The molecular formula is C13H16N4O3. The Labute approximate surface area is 115 Å². The van der Waals surface area contributed by atoms with E-state index >= 15 is 0 Å². The Morgan fingerprint density at radius 1 is 1.50 bits per heavy atom. The Balaban J connectivity index is 2.43. The Bertz CT molecular complexity index is 759. The zero-order valence-electron chi connectivity index (χ0n) is 11.5. The number of likely N-dealkylation sites (N-methyl/N-ethyl adjacent to an activating group) is 1. The summed E-state index contributed by atoms with van der Waals surface area (Å²) in [6.45, 7) is 4.00. The van der Waals surface area contributed by atoms with Gasteiger partial charge in [0.05, 0.1) is 11.8 Å². The Kier molecular flexibility index (Phi) is 2.86. The molecule has 0 unspecified atom stereocenters. The number of hydrogen-bond donors (Lipinski definition) is 1. The smallest absolute Gasteiger partial charge is 0.341 e. The van der Waals surface area contributed by atoms with Gasteiger partial charge in [-0.1, -0.05) is 0 Å². The summed E-state index contributed by atoms with van der Waals surface area (Å²) >= 11 is 0. The van der Waals surface area contributed by atoms with Gasteiger partial charge in [0.15, 0.2) is 5.65 Å². The molecule has 7 heteroatoms. The van der Waals surface area contributed by atoms with Crippen LogP contribution in [-0.2, 0) is 19.5 Å². The molecule has 1 aliphatic rings. The van der Waals surface area contributed by atoms with Crippen LogP contribution in [0.15, 0.2) is 11.0 Å². The van der Waals surface area contributed by atoms with E-state index in [0.717, 1.165) is 18.7 Å². The summed E-state index contributed by atoms with van der Waals surface area (Å²) in [5, 5.41) is 13.2. The third-order valence-corrected chi connectivity index (χ3v) is 3.83. The first-order valence-electron chi connectivity index (χ1n) is 6.58. The molecule has 2 aromatic rings. The molecular weight excluding hydrogens is 260 g/mol. The van der Waals surface area contributed by atoms with Crippen molar-refractivity contribution in [2.75, 3.05) is 13.6 Å². The van der Waals surface area contributed by atoms with E-state index in [1.807, 2.05) is 18.5 Å². The number of aromatic nitrogens is 3. The van der Waals surface area contributed by atoms with Crippen LogP contribution in [0, 0.1) is 0 Å². The van der Waals surface area contributed by atoms with Crippen molar-refractivity contribution in [1.82, 2.24) is 19.1 Å². The lowest BCUT2D eigenvalue weighted by atomic mass is 10.1. The molecule has 7 nitrogen and oxygen atoms in total. The standard InChI is InChI=1S/C13H16N4O3/c1-3-16-10-4-5-15(2)7-9(10)12(18)17-11(16)8(6-14-17)13(19)20/h6H,3-5,7H2,1-2H3,(H,19,20). The van der Waals surface area contributed by atoms with Crippen LogP contribution in [0.3, 0.4) is 0 Å². The number of nitrogens with zero attached hydrogens (tertiary/aromatic N) is 4. The zero-order chi connectivity index (χ0) is 14.4. The Morgan fingerprint density at radius 3 is 2.90 bits per heavy atom. The van der Waals surface area contributed by atoms with Crippen molar-refractivity contribution < 1.29 is 9.90 Å². The number of carboxylic acids is 1. The van der Waals surface area contributed by atoms with Crippen LogP contribution in [0.25, 0.3) is 5.65 Å². The molecule has 0 radical (unpaired) electrons. The molecule has 3 heterocycles. The minimum absolute atomic E-state index is 0.0747. The number of carbonyl (C=O) groups is 1. The predicted octanol–water partition coefficient (Wildman–Crippen LogP) is 0.202. The fourth-order valence-electron chi connectivity index (χ4n) is 2.87. The largest absolute Gasteiger partial charge is 0.477 e. The van der Waals surface area contributed by atoms with Crippen molar-refractivity contribution in [3.63, 3.8) is 0 Å². The molecule has 0 spiro atoms. The SMILES string of the molecule is CCn1c2c(c(=O)n3ncc(C(=O)O)c13)CN(C)CC2. The summed E-state index contributed by atoms with van der Waals surface area (Å²) in [5.74, 6) is -1.06. The predicted molar refractivity (Wildman–Crippen MR) is 72.1 cm³/mol. The van der Waals surface area contributed by atoms with E-state index in [4.69, 9.17) is 0 Å². The van der Waals surface area contributed by atoms with Gasteiger partial charge < -0.3 is 14.6 Å². The molecule has 3 rings (SSSR count). The zero-order valence-corrected chi connectivity index (χ0v) is 11.5. The third kappa shape index (κ3) is 1.66. The maximum absolute atomic E-state index is 12.5. The van der Waals surface area contributed by atoms with E-state index in [0.29, 0.717) is 24.3 Å². The first-order chi connectivity index (χ1) is 9.54. The van der Waals surface area contributed by atoms with E-state index in [1.54, 1.807) is 0 Å². The van der Waals surface area contributed by atoms with Gasteiger partial charge in [-0.2, -0.15) is 9.61 Å². The van der Waals surface area contributed by atoms with Crippen molar-refractivity contribution in [1.29, 1.82) is 0 Å². The number of aryl methyl sites for hydroxylation is 1. The van der Waals surface area contributed by atoms with E-state index < -0.39 is 5.97 Å². The highest BCUT2D eigenvalue weighted by Crippen LogP contribution is 2.19. The molecule has 0 atom stereocenters. The molecule has 0 saturated heterocycles. The summed E-state index contributed by atoms with van der Waals surface area (Å²) < 4.78 is 3.12.